The first-order valence-corrected chi connectivity index (χ1v) is 5.48. The average Bonchev–Trinajstić information content (AvgIpc) is 2.66. The summed E-state index contributed by atoms with van der Waals surface area (Å²) >= 11 is 1.49. The third-order valence-electron chi connectivity index (χ3n) is 1.87. The minimum absolute atomic E-state index is 0.0272. The highest BCUT2D eigenvalue weighted by atomic mass is 32.1. The maximum Gasteiger partial charge on any atom is 0.222 e. The smallest absolute Gasteiger partial charge is 0.222 e. The largest absolute Gasteiger partial charge is 0.386 e. The molecule has 1 heterocycles. The van der Waals surface area contributed by atoms with E-state index in [0.717, 1.165) is 4.88 Å². The Balaban J connectivity index is 2.36. The van der Waals surface area contributed by atoms with Crippen LogP contribution in [0.3, 0.4) is 0 Å². The van der Waals surface area contributed by atoms with Crippen LogP contribution < -0.4 is 5.32 Å². The van der Waals surface area contributed by atoms with Crippen molar-refractivity contribution in [3.63, 3.8) is 0 Å². The van der Waals surface area contributed by atoms with Gasteiger partial charge in [0.15, 0.2) is 0 Å². The molecular weight excluding hydrogens is 198 g/mol. The molecule has 4 heteroatoms. The first kappa shape index (κ1) is 11.2. The summed E-state index contributed by atoms with van der Waals surface area (Å²) < 4.78 is 0. The molecule has 0 saturated heterocycles. The fraction of sp³-hybridized carbons (Fsp3) is 0.500. The predicted molar refractivity (Wildman–Crippen MR) is 57.1 cm³/mol. The molecule has 1 rings (SSSR count). The number of thiophene rings is 1. The van der Waals surface area contributed by atoms with Gasteiger partial charge in [-0.2, -0.15) is 0 Å². The number of rotatable bonds is 4. The van der Waals surface area contributed by atoms with Gasteiger partial charge in [-0.1, -0.05) is 19.9 Å². The van der Waals surface area contributed by atoms with Crippen LogP contribution in [0.5, 0.6) is 0 Å². The molecule has 1 amide bonds. The molecule has 0 aliphatic heterocycles. The van der Waals surface area contributed by atoms with Gasteiger partial charge < -0.3 is 10.4 Å². The van der Waals surface area contributed by atoms with E-state index in [4.69, 9.17) is 0 Å². The van der Waals surface area contributed by atoms with Gasteiger partial charge in [-0.25, -0.2) is 0 Å². The summed E-state index contributed by atoms with van der Waals surface area (Å²) in [5, 5.41) is 14.2. The molecule has 14 heavy (non-hydrogen) atoms. The van der Waals surface area contributed by atoms with Crippen molar-refractivity contribution in [2.45, 2.75) is 20.0 Å². The van der Waals surface area contributed by atoms with E-state index >= 15 is 0 Å². The predicted octanol–water partition coefficient (Wildman–Crippen LogP) is 1.55. The van der Waals surface area contributed by atoms with Gasteiger partial charge in [-0.15, -0.1) is 11.3 Å². The SMILES string of the molecule is CC(C)C(=O)NCC(O)c1cccs1. The highest BCUT2D eigenvalue weighted by molar-refractivity contribution is 7.10. The fourth-order valence-corrected chi connectivity index (χ4v) is 1.69. The van der Waals surface area contributed by atoms with Gasteiger partial charge in [0.25, 0.3) is 0 Å². The molecule has 0 fully saturated rings. The van der Waals surface area contributed by atoms with Crippen LogP contribution in [0.1, 0.15) is 24.8 Å². The Morgan fingerprint density at radius 3 is 2.86 bits per heavy atom. The zero-order valence-electron chi connectivity index (χ0n) is 8.36. The molecule has 0 aromatic carbocycles. The van der Waals surface area contributed by atoms with Crippen molar-refractivity contribution in [3.8, 4) is 0 Å². The molecule has 0 radical (unpaired) electrons. The van der Waals surface area contributed by atoms with E-state index in [1.54, 1.807) is 0 Å². The topological polar surface area (TPSA) is 49.3 Å². The van der Waals surface area contributed by atoms with Crippen LogP contribution in [0.2, 0.25) is 0 Å². The van der Waals surface area contributed by atoms with Crippen molar-refractivity contribution in [2.75, 3.05) is 6.54 Å². The van der Waals surface area contributed by atoms with Crippen LogP contribution in [-0.4, -0.2) is 17.6 Å². The summed E-state index contributed by atoms with van der Waals surface area (Å²) in [4.78, 5) is 12.1. The zero-order chi connectivity index (χ0) is 10.6. The van der Waals surface area contributed by atoms with E-state index in [9.17, 15) is 9.90 Å². The van der Waals surface area contributed by atoms with Crippen LogP contribution >= 0.6 is 11.3 Å². The van der Waals surface area contributed by atoms with Crippen LogP contribution in [0.4, 0.5) is 0 Å². The van der Waals surface area contributed by atoms with E-state index in [2.05, 4.69) is 5.32 Å². The lowest BCUT2D eigenvalue weighted by Gasteiger charge is -2.11. The van der Waals surface area contributed by atoms with Gasteiger partial charge in [0.1, 0.15) is 6.10 Å². The Hall–Kier alpha value is -0.870. The summed E-state index contributed by atoms with van der Waals surface area (Å²) in [7, 11) is 0. The molecule has 0 saturated carbocycles. The van der Waals surface area contributed by atoms with Gasteiger partial charge in [-0.05, 0) is 11.4 Å². The number of carbonyl (C=O) groups excluding carboxylic acids is 1. The lowest BCUT2D eigenvalue weighted by Crippen LogP contribution is -2.31. The van der Waals surface area contributed by atoms with Crippen molar-refractivity contribution in [3.05, 3.63) is 22.4 Å². The van der Waals surface area contributed by atoms with Gasteiger partial charge in [-0.3, -0.25) is 4.79 Å². The number of carbonyl (C=O) groups is 1. The second-order valence-electron chi connectivity index (χ2n) is 3.43. The lowest BCUT2D eigenvalue weighted by atomic mass is 10.2. The third-order valence-corrected chi connectivity index (χ3v) is 2.84. The first-order valence-electron chi connectivity index (χ1n) is 4.60. The Morgan fingerprint density at radius 2 is 2.36 bits per heavy atom. The summed E-state index contributed by atoms with van der Waals surface area (Å²) in [6.07, 6.45) is -0.585. The number of amides is 1. The molecule has 0 spiro atoms. The minimum Gasteiger partial charge on any atom is -0.386 e. The molecule has 1 atom stereocenters. The summed E-state index contributed by atoms with van der Waals surface area (Å²) in [6.45, 7) is 3.94. The Kier molecular flexibility index (Phi) is 4.10. The summed E-state index contributed by atoms with van der Waals surface area (Å²) in [5.41, 5.74) is 0. The molecule has 1 unspecified atom stereocenters. The monoisotopic (exact) mass is 213 g/mol. The van der Waals surface area contributed by atoms with Crippen molar-refractivity contribution in [2.24, 2.45) is 5.92 Å². The number of hydrogen-bond donors (Lipinski definition) is 2. The molecule has 1 aromatic rings. The van der Waals surface area contributed by atoms with Gasteiger partial charge in [0.2, 0.25) is 5.91 Å². The van der Waals surface area contributed by atoms with E-state index in [1.807, 2.05) is 31.4 Å². The minimum atomic E-state index is -0.585. The lowest BCUT2D eigenvalue weighted by molar-refractivity contribution is -0.124. The van der Waals surface area contributed by atoms with E-state index in [-0.39, 0.29) is 18.4 Å². The standard InChI is InChI=1S/C10H15NO2S/c1-7(2)10(13)11-6-8(12)9-4-3-5-14-9/h3-5,7-8,12H,6H2,1-2H3,(H,11,13). The molecule has 78 valence electrons. The van der Waals surface area contributed by atoms with Gasteiger partial charge >= 0.3 is 0 Å². The average molecular weight is 213 g/mol. The van der Waals surface area contributed by atoms with Crippen molar-refractivity contribution in [1.82, 2.24) is 5.32 Å². The maximum absolute atomic E-state index is 11.2. The summed E-state index contributed by atoms with van der Waals surface area (Å²) in [5.74, 6) is -0.0638. The first-order chi connectivity index (χ1) is 6.61. The second-order valence-corrected chi connectivity index (χ2v) is 4.41. The molecule has 1 aromatic heterocycles. The van der Waals surface area contributed by atoms with Crippen LogP contribution in [0, 0.1) is 5.92 Å². The maximum atomic E-state index is 11.2. The Morgan fingerprint density at radius 1 is 1.64 bits per heavy atom. The third kappa shape index (κ3) is 3.12. The summed E-state index contributed by atoms with van der Waals surface area (Å²) in [6, 6.07) is 3.74. The Labute approximate surface area is 87.8 Å². The molecule has 2 N–H and O–H groups in total. The van der Waals surface area contributed by atoms with Gasteiger partial charge in [0, 0.05) is 17.3 Å². The van der Waals surface area contributed by atoms with Crippen molar-refractivity contribution < 1.29 is 9.90 Å². The number of nitrogens with one attached hydrogen (secondary N) is 1. The van der Waals surface area contributed by atoms with Crippen LogP contribution in [-0.2, 0) is 4.79 Å². The number of hydrogen-bond acceptors (Lipinski definition) is 3. The zero-order valence-corrected chi connectivity index (χ0v) is 9.17. The quantitative estimate of drug-likeness (QED) is 0.797. The van der Waals surface area contributed by atoms with Crippen molar-refractivity contribution >= 4 is 17.2 Å². The molecule has 3 nitrogen and oxygen atoms in total. The molecule has 0 bridgehead atoms. The van der Waals surface area contributed by atoms with E-state index in [1.165, 1.54) is 11.3 Å². The fourth-order valence-electron chi connectivity index (χ4n) is 0.983. The molecular formula is C10H15NO2S. The molecule has 0 aliphatic rings. The second kappa shape index (κ2) is 5.12. The number of aliphatic hydroxyl groups excluding tert-OH is 1. The highest BCUT2D eigenvalue weighted by Gasteiger charge is 2.11. The normalized spacial score (nSPS) is 12.9. The highest BCUT2D eigenvalue weighted by Crippen LogP contribution is 2.17. The van der Waals surface area contributed by atoms with Crippen LogP contribution in [0.15, 0.2) is 17.5 Å². The van der Waals surface area contributed by atoms with E-state index < -0.39 is 6.10 Å². The van der Waals surface area contributed by atoms with Gasteiger partial charge in [0.05, 0.1) is 0 Å². The Bertz CT molecular complexity index is 282. The van der Waals surface area contributed by atoms with Crippen molar-refractivity contribution in [1.29, 1.82) is 0 Å². The molecule has 0 aliphatic carbocycles. The number of aliphatic hydroxyl groups is 1. The van der Waals surface area contributed by atoms with E-state index in [0.29, 0.717) is 0 Å². The van der Waals surface area contributed by atoms with Crippen LogP contribution in [0.25, 0.3) is 0 Å².